The lowest BCUT2D eigenvalue weighted by atomic mass is 10.3. The van der Waals surface area contributed by atoms with Crippen LogP contribution >= 0.6 is 0 Å². The Morgan fingerprint density at radius 1 is 1.20 bits per heavy atom. The van der Waals surface area contributed by atoms with Crippen LogP contribution in [0.15, 0.2) is 12.1 Å². The molecule has 0 aliphatic carbocycles. The minimum Gasteiger partial charge on any atom is -0.481 e. The first-order chi connectivity index (χ1) is 9.31. The molecule has 1 aromatic carbocycles. The van der Waals surface area contributed by atoms with Gasteiger partial charge in [0, 0.05) is 32.1 Å². The Hall–Kier alpha value is -2.25. The second kappa shape index (κ2) is 6.78. The van der Waals surface area contributed by atoms with Crippen LogP contribution in [0.2, 0.25) is 0 Å². The normalized spacial score (nSPS) is 10.2. The van der Waals surface area contributed by atoms with E-state index in [-0.39, 0.29) is 19.4 Å². The Kier molecular flexibility index (Phi) is 5.36. The maximum Gasteiger partial charge on any atom is 0.321 e. The number of carboxylic acid groups (broad SMARTS) is 1. The number of carboxylic acids is 1. The minimum atomic E-state index is -1.35. The van der Waals surface area contributed by atoms with E-state index in [1.165, 1.54) is 7.05 Å². The van der Waals surface area contributed by atoms with Crippen LogP contribution in [0.5, 0.6) is 0 Å². The molecule has 0 unspecified atom stereocenters. The summed E-state index contributed by atoms with van der Waals surface area (Å²) in [6, 6.07) is 0.114. The molecule has 0 aliphatic heterocycles. The number of nitrogens with zero attached hydrogens (tertiary/aromatic N) is 1. The highest BCUT2D eigenvalue weighted by molar-refractivity contribution is 5.89. The Labute approximate surface area is 113 Å². The van der Waals surface area contributed by atoms with Gasteiger partial charge in [0.25, 0.3) is 0 Å². The van der Waals surface area contributed by atoms with Gasteiger partial charge in [-0.3, -0.25) is 4.79 Å². The summed E-state index contributed by atoms with van der Waals surface area (Å²) >= 11 is 0. The minimum absolute atomic E-state index is 0.114. The molecule has 1 rings (SSSR count). The van der Waals surface area contributed by atoms with Gasteiger partial charge in [-0.25, -0.2) is 18.0 Å². The molecule has 0 atom stereocenters. The first-order valence-electron chi connectivity index (χ1n) is 5.69. The number of anilines is 1. The Bertz CT molecular complexity index is 523. The molecule has 0 aromatic heterocycles. The zero-order valence-electron chi connectivity index (χ0n) is 10.6. The quantitative estimate of drug-likeness (QED) is 0.818. The molecule has 8 heteroatoms. The largest absolute Gasteiger partial charge is 0.481 e. The number of benzene rings is 1. The van der Waals surface area contributed by atoms with Gasteiger partial charge in [-0.05, 0) is 6.42 Å². The van der Waals surface area contributed by atoms with Crippen molar-refractivity contribution in [2.24, 2.45) is 0 Å². The van der Waals surface area contributed by atoms with Gasteiger partial charge in [0.1, 0.15) is 5.82 Å². The van der Waals surface area contributed by atoms with E-state index < -0.39 is 35.1 Å². The van der Waals surface area contributed by atoms with E-state index in [1.54, 1.807) is 0 Å². The Morgan fingerprint density at radius 3 is 2.40 bits per heavy atom. The van der Waals surface area contributed by atoms with Gasteiger partial charge in [-0.15, -0.1) is 0 Å². The Balaban J connectivity index is 2.61. The first-order valence-corrected chi connectivity index (χ1v) is 5.69. The highest BCUT2D eigenvalue weighted by Gasteiger charge is 2.14. The molecule has 0 heterocycles. The van der Waals surface area contributed by atoms with Gasteiger partial charge in [0.2, 0.25) is 0 Å². The molecule has 20 heavy (non-hydrogen) atoms. The van der Waals surface area contributed by atoms with Gasteiger partial charge >= 0.3 is 12.0 Å². The fourth-order valence-corrected chi connectivity index (χ4v) is 1.40. The zero-order valence-corrected chi connectivity index (χ0v) is 10.6. The number of hydrogen-bond acceptors (Lipinski definition) is 2. The molecular formula is C12H13F3N2O3. The third kappa shape index (κ3) is 4.45. The van der Waals surface area contributed by atoms with Crippen LogP contribution in [-0.2, 0) is 4.79 Å². The summed E-state index contributed by atoms with van der Waals surface area (Å²) in [4.78, 5) is 23.0. The van der Waals surface area contributed by atoms with Crippen molar-refractivity contribution in [2.75, 3.05) is 18.9 Å². The number of carbonyl (C=O) groups is 2. The van der Waals surface area contributed by atoms with Crippen LogP contribution in [0.1, 0.15) is 12.8 Å². The van der Waals surface area contributed by atoms with Crippen molar-refractivity contribution in [2.45, 2.75) is 12.8 Å². The van der Waals surface area contributed by atoms with Gasteiger partial charge in [-0.1, -0.05) is 0 Å². The van der Waals surface area contributed by atoms with Crippen molar-refractivity contribution >= 4 is 17.7 Å². The summed E-state index contributed by atoms with van der Waals surface area (Å²) in [5.74, 6) is -4.73. The number of carbonyl (C=O) groups excluding carboxylic acids is 1. The third-order valence-electron chi connectivity index (χ3n) is 2.48. The van der Waals surface area contributed by atoms with Crippen molar-refractivity contribution < 1.29 is 27.9 Å². The lowest BCUT2D eigenvalue weighted by Gasteiger charge is -2.17. The fourth-order valence-electron chi connectivity index (χ4n) is 1.40. The summed E-state index contributed by atoms with van der Waals surface area (Å²) in [5.41, 5.74) is -0.487. The maximum atomic E-state index is 13.3. The monoisotopic (exact) mass is 290 g/mol. The number of rotatable bonds is 5. The lowest BCUT2D eigenvalue weighted by molar-refractivity contribution is -0.137. The summed E-state index contributed by atoms with van der Waals surface area (Å²) in [6.07, 6.45) is 0.108. The predicted octanol–water partition coefficient (Wildman–Crippen LogP) is 2.43. The number of nitrogens with one attached hydrogen (secondary N) is 1. The van der Waals surface area contributed by atoms with Crippen molar-refractivity contribution in [1.82, 2.24) is 4.90 Å². The van der Waals surface area contributed by atoms with E-state index in [0.717, 1.165) is 4.90 Å². The molecule has 110 valence electrons. The first kappa shape index (κ1) is 15.8. The Morgan fingerprint density at radius 2 is 1.80 bits per heavy atom. The third-order valence-corrected chi connectivity index (χ3v) is 2.48. The topological polar surface area (TPSA) is 69.6 Å². The average molecular weight is 290 g/mol. The van der Waals surface area contributed by atoms with E-state index >= 15 is 0 Å². The highest BCUT2D eigenvalue weighted by Crippen LogP contribution is 2.18. The maximum absolute atomic E-state index is 13.3. The number of hydrogen-bond donors (Lipinski definition) is 2. The van der Waals surface area contributed by atoms with Crippen molar-refractivity contribution in [3.63, 3.8) is 0 Å². The van der Waals surface area contributed by atoms with Crippen molar-refractivity contribution in [3.05, 3.63) is 29.6 Å². The molecule has 1 aromatic rings. The number of halogens is 3. The number of aliphatic carboxylic acids is 1. The van der Waals surface area contributed by atoms with Gasteiger partial charge in [0.15, 0.2) is 11.6 Å². The molecular weight excluding hydrogens is 277 g/mol. The number of amides is 2. The molecule has 0 saturated carbocycles. The summed E-state index contributed by atoms with van der Waals surface area (Å²) in [5, 5.41) is 10.5. The fraction of sp³-hybridized carbons (Fsp3) is 0.333. The molecule has 2 amide bonds. The average Bonchev–Trinajstić information content (AvgIpc) is 2.35. The highest BCUT2D eigenvalue weighted by atomic mass is 19.2. The second-order valence-electron chi connectivity index (χ2n) is 4.10. The standard InChI is InChI=1S/C12H13F3N2O3/c1-17(4-2-3-11(18)19)12(20)16-10-6-8(14)7(13)5-9(10)15/h5-6H,2-4H2,1H3,(H,16,20)(H,18,19). The SMILES string of the molecule is CN(CCCC(=O)O)C(=O)Nc1cc(F)c(F)cc1F. The molecule has 0 saturated heterocycles. The molecule has 0 aliphatic rings. The van der Waals surface area contributed by atoms with Crippen molar-refractivity contribution in [1.29, 1.82) is 0 Å². The van der Waals surface area contributed by atoms with E-state index in [9.17, 15) is 22.8 Å². The van der Waals surface area contributed by atoms with Gasteiger partial charge < -0.3 is 15.3 Å². The van der Waals surface area contributed by atoms with Crippen molar-refractivity contribution in [3.8, 4) is 0 Å². The lowest BCUT2D eigenvalue weighted by Crippen LogP contribution is -2.32. The van der Waals surface area contributed by atoms with Crippen LogP contribution in [-0.4, -0.2) is 35.6 Å². The molecule has 2 N–H and O–H groups in total. The van der Waals surface area contributed by atoms with E-state index in [4.69, 9.17) is 5.11 Å². The molecule has 0 fully saturated rings. The summed E-state index contributed by atoms with van der Waals surface area (Å²) < 4.78 is 38.9. The molecule has 0 bridgehead atoms. The summed E-state index contributed by atoms with van der Waals surface area (Å²) in [7, 11) is 1.37. The van der Waals surface area contributed by atoms with Gasteiger partial charge in [-0.2, -0.15) is 0 Å². The van der Waals surface area contributed by atoms with Crippen LogP contribution in [0.25, 0.3) is 0 Å². The van der Waals surface area contributed by atoms with Crippen LogP contribution in [0, 0.1) is 17.5 Å². The van der Waals surface area contributed by atoms with E-state index in [0.29, 0.717) is 12.1 Å². The molecule has 5 nitrogen and oxygen atoms in total. The van der Waals surface area contributed by atoms with E-state index in [2.05, 4.69) is 5.32 Å². The molecule has 0 spiro atoms. The van der Waals surface area contributed by atoms with Crippen LogP contribution in [0.3, 0.4) is 0 Å². The predicted molar refractivity (Wildman–Crippen MR) is 64.8 cm³/mol. The molecule has 0 radical (unpaired) electrons. The number of urea groups is 1. The van der Waals surface area contributed by atoms with Crippen LogP contribution < -0.4 is 5.32 Å². The van der Waals surface area contributed by atoms with E-state index in [1.807, 2.05) is 0 Å². The van der Waals surface area contributed by atoms with Gasteiger partial charge in [0.05, 0.1) is 5.69 Å². The summed E-state index contributed by atoms with van der Waals surface area (Å²) in [6.45, 7) is 0.128. The smallest absolute Gasteiger partial charge is 0.321 e. The zero-order chi connectivity index (χ0) is 15.3. The second-order valence-corrected chi connectivity index (χ2v) is 4.10. The van der Waals surface area contributed by atoms with Crippen LogP contribution in [0.4, 0.5) is 23.7 Å².